The van der Waals surface area contributed by atoms with E-state index in [1.54, 1.807) is 19.1 Å². The number of nitrogens with zero attached hydrogens (tertiary/aromatic N) is 3. The van der Waals surface area contributed by atoms with E-state index in [0.29, 0.717) is 15.7 Å². The molecule has 1 N–H and O–H groups in total. The first-order chi connectivity index (χ1) is 9.40. The lowest BCUT2D eigenvalue weighted by Crippen LogP contribution is -2.02. The maximum absolute atomic E-state index is 11.0. The zero-order valence-corrected chi connectivity index (χ0v) is 12.3. The molecule has 9 heteroatoms. The Morgan fingerprint density at radius 3 is 2.55 bits per heavy atom. The first kappa shape index (κ1) is 14.8. The third kappa shape index (κ3) is 2.92. The predicted molar refractivity (Wildman–Crippen MR) is 78.2 cm³/mol. The Morgan fingerprint density at radius 1 is 1.20 bits per heavy atom. The standard InChI is InChI=1S/C11H7Cl3N4O2/c1-5-2-7(13)8(3-6(5)12)17-11-9(18(19)20)10(14)15-4-16-11/h2-4H,1H3,(H,15,16,17). The van der Waals surface area contributed by atoms with E-state index < -0.39 is 10.6 Å². The van der Waals surface area contributed by atoms with Gasteiger partial charge >= 0.3 is 5.69 Å². The van der Waals surface area contributed by atoms with Crippen LogP contribution in [0.25, 0.3) is 0 Å². The highest BCUT2D eigenvalue weighted by Gasteiger charge is 2.22. The van der Waals surface area contributed by atoms with Crippen LogP contribution < -0.4 is 5.32 Å². The van der Waals surface area contributed by atoms with E-state index in [-0.39, 0.29) is 11.0 Å². The Bertz CT molecular complexity index is 694. The van der Waals surface area contributed by atoms with E-state index in [2.05, 4.69) is 15.3 Å². The highest BCUT2D eigenvalue weighted by atomic mass is 35.5. The summed E-state index contributed by atoms with van der Waals surface area (Å²) in [7, 11) is 0. The van der Waals surface area contributed by atoms with Crippen LogP contribution in [0.5, 0.6) is 0 Å². The Labute approximate surface area is 128 Å². The van der Waals surface area contributed by atoms with Gasteiger partial charge in [-0.25, -0.2) is 9.97 Å². The lowest BCUT2D eigenvalue weighted by Gasteiger charge is -2.10. The fraction of sp³-hybridized carbons (Fsp3) is 0.0909. The first-order valence-electron chi connectivity index (χ1n) is 5.27. The summed E-state index contributed by atoms with van der Waals surface area (Å²) in [6.45, 7) is 1.79. The molecule has 2 aromatic rings. The quantitative estimate of drug-likeness (QED) is 0.511. The third-order valence-corrected chi connectivity index (χ3v) is 3.46. The molecule has 0 aliphatic heterocycles. The van der Waals surface area contributed by atoms with Crippen molar-refractivity contribution in [2.24, 2.45) is 0 Å². The van der Waals surface area contributed by atoms with Crippen LogP contribution in [0.2, 0.25) is 15.2 Å². The number of hydrogen-bond donors (Lipinski definition) is 1. The van der Waals surface area contributed by atoms with Crippen molar-refractivity contribution in [3.63, 3.8) is 0 Å². The summed E-state index contributed by atoms with van der Waals surface area (Å²) in [4.78, 5) is 17.7. The fourth-order valence-corrected chi connectivity index (χ4v) is 2.11. The van der Waals surface area contributed by atoms with Gasteiger partial charge in [0, 0.05) is 5.02 Å². The fourth-order valence-electron chi connectivity index (χ4n) is 1.48. The van der Waals surface area contributed by atoms with Crippen molar-refractivity contribution in [3.05, 3.63) is 49.3 Å². The molecule has 2 rings (SSSR count). The van der Waals surface area contributed by atoms with Crippen LogP contribution in [0, 0.1) is 17.0 Å². The summed E-state index contributed by atoms with van der Waals surface area (Å²) >= 11 is 17.7. The second kappa shape index (κ2) is 5.78. The minimum absolute atomic E-state index is 0.0585. The minimum atomic E-state index is -0.672. The zero-order chi connectivity index (χ0) is 14.9. The molecule has 0 aliphatic rings. The van der Waals surface area contributed by atoms with E-state index in [0.717, 1.165) is 11.9 Å². The van der Waals surface area contributed by atoms with Crippen LogP contribution in [-0.4, -0.2) is 14.9 Å². The van der Waals surface area contributed by atoms with Crippen molar-refractivity contribution in [2.45, 2.75) is 6.92 Å². The number of rotatable bonds is 3. The summed E-state index contributed by atoms with van der Waals surface area (Å²) in [5.74, 6) is -0.0585. The van der Waals surface area contributed by atoms with Crippen LogP contribution in [0.3, 0.4) is 0 Å². The average molecular weight is 334 g/mol. The molecule has 0 saturated carbocycles. The molecule has 0 amide bonds. The summed E-state index contributed by atoms with van der Waals surface area (Å²) in [6, 6.07) is 3.19. The summed E-state index contributed by atoms with van der Waals surface area (Å²) < 4.78 is 0. The monoisotopic (exact) mass is 332 g/mol. The molecule has 0 atom stereocenters. The largest absolute Gasteiger partial charge is 0.348 e. The van der Waals surface area contributed by atoms with Crippen molar-refractivity contribution in [3.8, 4) is 0 Å². The van der Waals surface area contributed by atoms with Gasteiger partial charge < -0.3 is 5.32 Å². The average Bonchev–Trinajstić information content (AvgIpc) is 2.35. The number of nitro groups is 1. The van der Waals surface area contributed by atoms with Crippen molar-refractivity contribution >= 4 is 52.0 Å². The Hall–Kier alpha value is -1.63. The molecule has 0 bridgehead atoms. The number of halogens is 3. The number of aromatic nitrogens is 2. The van der Waals surface area contributed by atoms with Gasteiger partial charge in [0.05, 0.1) is 15.6 Å². The van der Waals surface area contributed by atoms with E-state index in [4.69, 9.17) is 34.8 Å². The maximum Gasteiger partial charge on any atom is 0.348 e. The molecule has 0 unspecified atom stereocenters. The highest BCUT2D eigenvalue weighted by molar-refractivity contribution is 6.36. The molecule has 6 nitrogen and oxygen atoms in total. The Kier molecular flexibility index (Phi) is 4.27. The SMILES string of the molecule is Cc1cc(Cl)c(Nc2ncnc(Cl)c2[N+](=O)[O-])cc1Cl. The Balaban J connectivity index is 2.48. The molecule has 104 valence electrons. The van der Waals surface area contributed by atoms with Gasteiger partial charge in [0.25, 0.3) is 0 Å². The molecule has 1 heterocycles. The van der Waals surface area contributed by atoms with Gasteiger partial charge in [-0.05, 0) is 24.6 Å². The molecule has 1 aromatic carbocycles. The topological polar surface area (TPSA) is 81.0 Å². The van der Waals surface area contributed by atoms with Gasteiger partial charge in [-0.2, -0.15) is 0 Å². The smallest absolute Gasteiger partial charge is 0.333 e. The van der Waals surface area contributed by atoms with Crippen LogP contribution in [-0.2, 0) is 0 Å². The second-order valence-corrected chi connectivity index (χ2v) is 5.00. The molecule has 20 heavy (non-hydrogen) atoms. The van der Waals surface area contributed by atoms with Gasteiger partial charge in [-0.3, -0.25) is 10.1 Å². The van der Waals surface area contributed by atoms with Gasteiger partial charge in [0.1, 0.15) is 6.33 Å². The zero-order valence-electron chi connectivity index (χ0n) is 10.0. The lowest BCUT2D eigenvalue weighted by molar-refractivity contribution is -0.384. The highest BCUT2D eigenvalue weighted by Crippen LogP contribution is 2.35. The van der Waals surface area contributed by atoms with Crippen molar-refractivity contribution < 1.29 is 4.92 Å². The summed E-state index contributed by atoms with van der Waals surface area (Å²) in [5, 5.41) is 14.3. The number of anilines is 2. The Morgan fingerprint density at radius 2 is 1.90 bits per heavy atom. The molecule has 0 aliphatic carbocycles. The van der Waals surface area contributed by atoms with Crippen LogP contribution in [0.1, 0.15) is 5.56 Å². The molecule has 0 fully saturated rings. The summed E-state index contributed by atoms with van der Waals surface area (Å²) in [6.07, 6.45) is 1.11. The molecule has 0 spiro atoms. The third-order valence-electron chi connectivity index (χ3n) is 2.46. The normalized spacial score (nSPS) is 10.4. The number of nitrogens with one attached hydrogen (secondary N) is 1. The van der Waals surface area contributed by atoms with Crippen LogP contribution >= 0.6 is 34.8 Å². The van der Waals surface area contributed by atoms with Crippen LogP contribution in [0.4, 0.5) is 17.2 Å². The number of aryl methyl sites for hydroxylation is 1. The van der Waals surface area contributed by atoms with Crippen molar-refractivity contribution in [1.29, 1.82) is 0 Å². The van der Waals surface area contributed by atoms with Gasteiger partial charge in [-0.1, -0.05) is 34.8 Å². The number of benzene rings is 1. The van der Waals surface area contributed by atoms with Crippen LogP contribution in [0.15, 0.2) is 18.5 Å². The molecule has 0 radical (unpaired) electrons. The van der Waals surface area contributed by atoms with Gasteiger partial charge in [0.2, 0.25) is 11.0 Å². The molecule has 0 saturated heterocycles. The second-order valence-electron chi connectivity index (χ2n) is 3.83. The molecule has 1 aromatic heterocycles. The molecular formula is C11H7Cl3N4O2. The molecular weight excluding hydrogens is 327 g/mol. The minimum Gasteiger partial charge on any atom is -0.333 e. The predicted octanol–water partition coefficient (Wildman–Crippen LogP) is 4.40. The van der Waals surface area contributed by atoms with E-state index in [1.165, 1.54) is 0 Å². The van der Waals surface area contributed by atoms with E-state index in [1.807, 2.05) is 0 Å². The summed E-state index contributed by atoms with van der Waals surface area (Å²) in [5.41, 5.74) is 0.750. The van der Waals surface area contributed by atoms with Gasteiger partial charge in [0.15, 0.2) is 0 Å². The number of hydrogen-bond acceptors (Lipinski definition) is 5. The van der Waals surface area contributed by atoms with E-state index >= 15 is 0 Å². The van der Waals surface area contributed by atoms with E-state index in [9.17, 15) is 10.1 Å². The van der Waals surface area contributed by atoms with Crippen molar-refractivity contribution in [2.75, 3.05) is 5.32 Å². The lowest BCUT2D eigenvalue weighted by atomic mass is 10.2. The maximum atomic E-state index is 11.0. The first-order valence-corrected chi connectivity index (χ1v) is 6.41. The van der Waals surface area contributed by atoms with Crippen molar-refractivity contribution in [1.82, 2.24) is 9.97 Å². The van der Waals surface area contributed by atoms with Gasteiger partial charge in [-0.15, -0.1) is 0 Å².